The second kappa shape index (κ2) is 6.03. The first-order valence-electron chi connectivity index (χ1n) is 5.81. The highest BCUT2D eigenvalue weighted by atomic mass is 79.9. The molecule has 2 aromatic carbocycles. The van der Waals surface area contributed by atoms with Crippen molar-refractivity contribution in [3.8, 4) is 0 Å². The number of halogens is 4. The van der Waals surface area contributed by atoms with Crippen molar-refractivity contribution in [3.63, 3.8) is 0 Å². The number of thiocarbonyl (C=S) groups is 1. The number of nitrogens with one attached hydrogen (secondary N) is 1. The largest absolute Gasteiger partial charge is 0.417 e. The standard InChI is InChI=1S/C14H10BrF3N2S/c15-8-2-1-3-9(6-8)20-10-4-5-12(14(16,17)18)11(7-10)13(19)21/h1-7,20H,(H2,19,21). The van der Waals surface area contributed by atoms with Gasteiger partial charge in [0.05, 0.1) is 5.56 Å². The zero-order valence-corrected chi connectivity index (χ0v) is 12.9. The molecule has 0 atom stereocenters. The summed E-state index contributed by atoms with van der Waals surface area (Å²) in [6, 6.07) is 10.9. The Labute approximate surface area is 133 Å². The van der Waals surface area contributed by atoms with Gasteiger partial charge in [-0.25, -0.2) is 0 Å². The van der Waals surface area contributed by atoms with Gasteiger partial charge in [0.25, 0.3) is 0 Å². The maximum absolute atomic E-state index is 12.9. The van der Waals surface area contributed by atoms with Crippen molar-refractivity contribution in [1.82, 2.24) is 0 Å². The molecule has 0 spiro atoms. The number of anilines is 2. The summed E-state index contributed by atoms with van der Waals surface area (Å²) in [5.41, 5.74) is 5.57. The summed E-state index contributed by atoms with van der Waals surface area (Å²) in [7, 11) is 0. The van der Waals surface area contributed by atoms with Crippen molar-refractivity contribution in [3.05, 3.63) is 58.1 Å². The fraction of sp³-hybridized carbons (Fsp3) is 0.0714. The van der Waals surface area contributed by atoms with Crippen LogP contribution < -0.4 is 11.1 Å². The Morgan fingerprint density at radius 1 is 1.10 bits per heavy atom. The third kappa shape index (κ3) is 3.95. The lowest BCUT2D eigenvalue weighted by atomic mass is 10.1. The lowest BCUT2D eigenvalue weighted by Gasteiger charge is -2.14. The van der Waals surface area contributed by atoms with Crippen molar-refractivity contribution < 1.29 is 13.2 Å². The fourth-order valence-corrected chi connectivity index (χ4v) is 2.37. The topological polar surface area (TPSA) is 38.0 Å². The molecule has 0 aliphatic carbocycles. The van der Waals surface area contributed by atoms with E-state index in [0.717, 1.165) is 16.2 Å². The third-order valence-electron chi connectivity index (χ3n) is 2.70. The van der Waals surface area contributed by atoms with Gasteiger partial charge in [-0.15, -0.1) is 0 Å². The van der Waals surface area contributed by atoms with E-state index >= 15 is 0 Å². The van der Waals surface area contributed by atoms with Crippen LogP contribution in [0, 0.1) is 0 Å². The Bertz CT molecular complexity index is 686. The second-order valence-corrected chi connectivity index (χ2v) is 5.61. The van der Waals surface area contributed by atoms with Crippen LogP contribution in [0.2, 0.25) is 0 Å². The van der Waals surface area contributed by atoms with Crippen molar-refractivity contribution in [2.24, 2.45) is 5.73 Å². The van der Waals surface area contributed by atoms with E-state index in [1.807, 2.05) is 12.1 Å². The zero-order chi connectivity index (χ0) is 15.6. The second-order valence-electron chi connectivity index (χ2n) is 4.26. The van der Waals surface area contributed by atoms with Gasteiger partial charge in [-0.2, -0.15) is 13.2 Å². The molecule has 2 nitrogen and oxygen atoms in total. The molecule has 21 heavy (non-hydrogen) atoms. The molecule has 0 bridgehead atoms. The summed E-state index contributed by atoms with van der Waals surface area (Å²) in [6.07, 6.45) is -4.49. The highest BCUT2D eigenvalue weighted by molar-refractivity contribution is 9.10. The number of hydrogen-bond acceptors (Lipinski definition) is 2. The number of benzene rings is 2. The molecular weight excluding hydrogens is 365 g/mol. The van der Waals surface area contributed by atoms with Gasteiger partial charge < -0.3 is 11.1 Å². The summed E-state index contributed by atoms with van der Waals surface area (Å²) < 4.78 is 39.5. The SMILES string of the molecule is NC(=S)c1cc(Nc2cccc(Br)c2)ccc1C(F)(F)F. The molecule has 0 unspecified atom stereocenters. The van der Waals surface area contributed by atoms with Crippen LogP contribution in [0.3, 0.4) is 0 Å². The molecule has 3 N–H and O–H groups in total. The van der Waals surface area contributed by atoms with Crippen molar-refractivity contribution in [2.45, 2.75) is 6.18 Å². The van der Waals surface area contributed by atoms with E-state index in [-0.39, 0.29) is 10.6 Å². The first-order valence-corrected chi connectivity index (χ1v) is 7.01. The van der Waals surface area contributed by atoms with Crippen LogP contribution in [0.25, 0.3) is 0 Å². The molecule has 0 aromatic heterocycles. The van der Waals surface area contributed by atoms with Gasteiger partial charge in [0.1, 0.15) is 4.99 Å². The minimum atomic E-state index is -4.49. The average Bonchev–Trinajstić information content (AvgIpc) is 2.37. The average molecular weight is 375 g/mol. The Hall–Kier alpha value is -1.60. The van der Waals surface area contributed by atoms with Crippen molar-refractivity contribution >= 4 is 44.5 Å². The van der Waals surface area contributed by atoms with Crippen LogP contribution in [0.1, 0.15) is 11.1 Å². The highest BCUT2D eigenvalue weighted by Gasteiger charge is 2.34. The maximum Gasteiger partial charge on any atom is 0.417 e. The van der Waals surface area contributed by atoms with Crippen molar-refractivity contribution in [2.75, 3.05) is 5.32 Å². The molecule has 0 saturated heterocycles. The molecule has 0 amide bonds. The summed E-state index contributed by atoms with van der Waals surface area (Å²) in [4.78, 5) is -0.291. The molecule has 0 radical (unpaired) electrons. The zero-order valence-electron chi connectivity index (χ0n) is 10.5. The number of rotatable bonds is 3. The van der Waals surface area contributed by atoms with E-state index in [2.05, 4.69) is 21.2 Å². The van der Waals surface area contributed by atoms with Crippen LogP contribution >= 0.6 is 28.1 Å². The van der Waals surface area contributed by atoms with Gasteiger partial charge in [0, 0.05) is 21.4 Å². The van der Waals surface area contributed by atoms with Crippen molar-refractivity contribution in [1.29, 1.82) is 0 Å². The number of hydrogen-bond donors (Lipinski definition) is 2. The Balaban J connectivity index is 2.39. The lowest BCUT2D eigenvalue weighted by molar-refractivity contribution is -0.137. The third-order valence-corrected chi connectivity index (χ3v) is 3.42. The molecule has 110 valence electrons. The van der Waals surface area contributed by atoms with Gasteiger partial charge in [-0.1, -0.05) is 34.2 Å². The number of nitrogens with two attached hydrogens (primary N) is 1. The molecule has 0 heterocycles. The molecular formula is C14H10BrF3N2S. The minimum Gasteiger partial charge on any atom is -0.389 e. The summed E-state index contributed by atoms with van der Waals surface area (Å²) in [5.74, 6) is 0. The molecule has 7 heteroatoms. The molecule has 2 rings (SSSR count). The van der Waals surface area contributed by atoms with Gasteiger partial charge in [0.15, 0.2) is 0 Å². The normalized spacial score (nSPS) is 11.2. The van der Waals surface area contributed by atoms with Crippen LogP contribution in [-0.4, -0.2) is 4.99 Å². The first-order chi connectivity index (χ1) is 9.77. The fourth-order valence-electron chi connectivity index (χ4n) is 1.81. The Morgan fingerprint density at radius 3 is 2.33 bits per heavy atom. The molecule has 2 aromatic rings. The van der Waals surface area contributed by atoms with Crippen LogP contribution in [0.5, 0.6) is 0 Å². The van der Waals surface area contributed by atoms with Crippen LogP contribution in [-0.2, 0) is 6.18 Å². The summed E-state index contributed by atoms with van der Waals surface area (Å²) >= 11 is 8.03. The predicted molar refractivity (Wildman–Crippen MR) is 84.8 cm³/mol. The monoisotopic (exact) mass is 374 g/mol. The molecule has 0 fully saturated rings. The van der Waals surface area contributed by atoms with Gasteiger partial charge >= 0.3 is 6.18 Å². The molecule has 0 aliphatic heterocycles. The molecule has 0 aliphatic rings. The maximum atomic E-state index is 12.9. The minimum absolute atomic E-state index is 0.197. The first kappa shape index (κ1) is 15.8. The van der Waals surface area contributed by atoms with E-state index in [9.17, 15) is 13.2 Å². The van der Waals surface area contributed by atoms with E-state index in [0.29, 0.717) is 5.69 Å². The van der Waals surface area contributed by atoms with Crippen LogP contribution in [0.15, 0.2) is 46.9 Å². The van der Waals surface area contributed by atoms with Crippen LogP contribution in [0.4, 0.5) is 24.5 Å². The van der Waals surface area contributed by atoms with Gasteiger partial charge in [-0.3, -0.25) is 0 Å². The summed E-state index contributed by atoms with van der Waals surface area (Å²) in [5, 5.41) is 3.01. The molecule has 0 saturated carbocycles. The Morgan fingerprint density at radius 2 is 1.76 bits per heavy atom. The summed E-state index contributed by atoms with van der Waals surface area (Å²) in [6.45, 7) is 0. The predicted octanol–water partition coefficient (Wildman–Crippen LogP) is 4.85. The number of alkyl halides is 3. The highest BCUT2D eigenvalue weighted by Crippen LogP contribution is 2.34. The van der Waals surface area contributed by atoms with E-state index < -0.39 is 11.7 Å². The van der Waals surface area contributed by atoms with E-state index in [1.54, 1.807) is 12.1 Å². The smallest absolute Gasteiger partial charge is 0.389 e. The lowest BCUT2D eigenvalue weighted by Crippen LogP contribution is -2.18. The van der Waals surface area contributed by atoms with Gasteiger partial charge in [0.2, 0.25) is 0 Å². The van der Waals surface area contributed by atoms with E-state index in [1.165, 1.54) is 12.1 Å². The quantitative estimate of drug-likeness (QED) is 0.754. The Kier molecular flexibility index (Phi) is 4.53. The van der Waals surface area contributed by atoms with Gasteiger partial charge in [-0.05, 0) is 36.4 Å². The van der Waals surface area contributed by atoms with E-state index in [4.69, 9.17) is 18.0 Å².